The van der Waals surface area contributed by atoms with Gasteiger partial charge < -0.3 is 16.0 Å². The summed E-state index contributed by atoms with van der Waals surface area (Å²) in [6.45, 7) is 5.03. The first-order valence-electron chi connectivity index (χ1n) is 8.89. The van der Waals surface area contributed by atoms with Crippen LogP contribution in [-0.2, 0) is 4.79 Å². The number of anilines is 5. The van der Waals surface area contributed by atoms with E-state index in [0.717, 1.165) is 5.69 Å². The van der Waals surface area contributed by atoms with Crippen molar-refractivity contribution in [3.8, 4) is 0 Å². The number of aromatic amines is 1. The zero-order valence-electron chi connectivity index (χ0n) is 16.1. The van der Waals surface area contributed by atoms with Crippen LogP contribution in [0.2, 0.25) is 5.02 Å². The van der Waals surface area contributed by atoms with Gasteiger partial charge in [0.25, 0.3) is 0 Å². The molecule has 3 rings (SSSR count). The molecule has 0 fully saturated rings. The number of nitrogens with one attached hydrogen (secondary N) is 4. The third-order valence-corrected chi connectivity index (χ3v) is 4.19. The van der Waals surface area contributed by atoms with Gasteiger partial charge in [0.15, 0.2) is 23.2 Å². The van der Waals surface area contributed by atoms with Gasteiger partial charge in [-0.25, -0.2) is 9.97 Å². The Morgan fingerprint density at radius 2 is 1.97 bits per heavy atom. The summed E-state index contributed by atoms with van der Waals surface area (Å²) in [4.78, 5) is 32.4. The van der Waals surface area contributed by atoms with Gasteiger partial charge in [-0.1, -0.05) is 18.5 Å². The molecule has 0 saturated carbocycles. The first-order valence-corrected chi connectivity index (χ1v) is 9.27. The molecule has 0 spiro atoms. The number of rotatable bonds is 7. The minimum absolute atomic E-state index is 0.154. The monoisotopic (exact) mass is 413 g/mol. The average molecular weight is 414 g/mol. The average Bonchev–Trinajstić information content (AvgIpc) is 3.08. The molecular formula is C19H20ClN7O2. The Morgan fingerprint density at radius 3 is 2.62 bits per heavy atom. The topological polar surface area (TPSA) is 125 Å². The lowest BCUT2D eigenvalue weighted by atomic mass is 10.2. The standard InChI is InChI=1S/C19H20ClN7O2/c1-4-15(29)18-19(23-12-5-6-13(20)14(8-12)22-11(3)28)25-17(9-21-18)24-16-7-10(2)26-27-16/h5-9H,4H2,1-3H3,(H,22,28)(H3,23,24,25,26,27). The van der Waals surface area contributed by atoms with Crippen molar-refractivity contribution in [2.45, 2.75) is 27.2 Å². The molecule has 0 atom stereocenters. The quantitative estimate of drug-likeness (QED) is 0.428. The fraction of sp³-hybridized carbons (Fsp3) is 0.211. The van der Waals surface area contributed by atoms with Crippen molar-refractivity contribution < 1.29 is 9.59 Å². The van der Waals surface area contributed by atoms with Crippen LogP contribution in [-0.4, -0.2) is 31.9 Å². The lowest BCUT2D eigenvalue weighted by Gasteiger charge is -2.13. The molecule has 4 N–H and O–H groups in total. The molecule has 0 radical (unpaired) electrons. The number of benzene rings is 1. The summed E-state index contributed by atoms with van der Waals surface area (Å²) < 4.78 is 0. The minimum Gasteiger partial charge on any atom is -0.338 e. The molecule has 0 bridgehead atoms. The van der Waals surface area contributed by atoms with E-state index in [9.17, 15) is 9.59 Å². The zero-order valence-corrected chi connectivity index (χ0v) is 16.9. The number of H-pyrrole nitrogens is 1. The van der Waals surface area contributed by atoms with Crippen LogP contribution in [0, 0.1) is 6.92 Å². The van der Waals surface area contributed by atoms with E-state index in [1.165, 1.54) is 13.1 Å². The first-order chi connectivity index (χ1) is 13.9. The van der Waals surface area contributed by atoms with Crippen molar-refractivity contribution in [3.63, 3.8) is 0 Å². The molecule has 2 heterocycles. The molecule has 0 saturated heterocycles. The summed E-state index contributed by atoms with van der Waals surface area (Å²) in [5.41, 5.74) is 2.14. The van der Waals surface area contributed by atoms with Crippen molar-refractivity contribution in [3.05, 3.63) is 46.9 Å². The van der Waals surface area contributed by atoms with Crippen molar-refractivity contribution in [1.82, 2.24) is 20.2 Å². The number of Topliss-reactive ketones (excluding diaryl/α,β-unsaturated/α-hetero) is 1. The second-order valence-corrected chi connectivity index (χ2v) is 6.70. The highest BCUT2D eigenvalue weighted by Crippen LogP contribution is 2.28. The highest BCUT2D eigenvalue weighted by molar-refractivity contribution is 6.33. The summed E-state index contributed by atoms with van der Waals surface area (Å²) in [6, 6.07) is 6.83. The number of ketones is 1. The number of aromatic nitrogens is 4. The number of aryl methyl sites for hydroxylation is 1. The Kier molecular flexibility index (Phi) is 6.08. The first kappa shape index (κ1) is 20.3. The van der Waals surface area contributed by atoms with Crippen LogP contribution >= 0.6 is 11.6 Å². The molecule has 29 heavy (non-hydrogen) atoms. The third-order valence-electron chi connectivity index (χ3n) is 3.86. The fourth-order valence-electron chi connectivity index (χ4n) is 2.55. The highest BCUT2D eigenvalue weighted by atomic mass is 35.5. The summed E-state index contributed by atoms with van der Waals surface area (Å²) in [5.74, 6) is 0.883. The molecule has 0 aliphatic carbocycles. The Balaban J connectivity index is 1.94. The molecule has 0 aliphatic rings. The normalized spacial score (nSPS) is 10.5. The van der Waals surface area contributed by atoms with Gasteiger partial charge in [-0.3, -0.25) is 14.7 Å². The van der Waals surface area contributed by atoms with Crippen LogP contribution < -0.4 is 16.0 Å². The Morgan fingerprint density at radius 1 is 1.17 bits per heavy atom. The smallest absolute Gasteiger partial charge is 0.221 e. The summed E-state index contributed by atoms with van der Waals surface area (Å²) >= 11 is 6.12. The molecule has 150 valence electrons. The molecule has 1 aromatic carbocycles. The van der Waals surface area contributed by atoms with Crippen LogP contribution in [0.1, 0.15) is 36.5 Å². The summed E-state index contributed by atoms with van der Waals surface area (Å²) in [6.07, 6.45) is 1.76. The number of nitrogens with zero attached hydrogens (tertiary/aromatic N) is 3. The number of hydrogen-bond acceptors (Lipinski definition) is 7. The molecule has 9 nitrogen and oxygen atoms in total. The van der Waals surface area contributed by atoms with Gasteiger partial charge in [0.05, 0.1) is 16.9 Å². The predicted octanol–water partition coefficient (Wildman–Crippen LogP) is 4.20. The Labute approximate surface area is 172 Å². The van der Waals surface area contributed by atoms with Crippen LogP contribution in [0.25, 0.3) is 0 Å². The van der Waals surface area contributed by atoms with E-state index >= 15 is 0 Å². The third kappa shape index (κ3) is 5.08. The van der Waals surface area contributed by atoms with Gasteiger partial charge in [-0.15, -0.1) is 0 Å². The van der Waals surface area contributed by atoms with Gasteiger partial charge in [0.2, 0.25) is 5.91 Å². The molecule has 0 unspecified atom stereocenters. The van der Waals surface area contributed by atoms with Crippen LogP contribution in [0.3, 0.4) is 0 Å². The van der Waals surface area contributed by atoms with Crippen molar-refractivity contribution in [2.24, 2.45) is 0 Å². The molecule has 3 aromatic rings. The number of hydrogen-bond donors (Lipinski definition) is 4. The number of carbonyl (C=O) groups is 2. The van der Waals surface area contributed by atoms with Crippen LogP contribution in [0.15, 0.2) is 30.5 Å². The van der Waals surface area contributed by atoms with Crippen LogP contribution in [0.4, 0.5) is 28.8 Å². The van der Waals surface area contributed by atoms with Gasteiger partial charge in [-0.2, -0.15) is 5.10 Å². The maximum absolute atomic E-state index is 12.3. The summed E-state index contributed by atoms with van der Waals surface area (Å²) in [5, 5.41) is 16.1. The van der Waals surface area contributed by atoms with Gasteiger partial charge >= 0.3 is 0 Å². The highest BCUT2D eigenvalue weighted by Gasteiger charge is 2.16. The van der Waals surface area contributed by atoms with E-state index < -0.39 is 0 Å². The van der Waals surface area contributed by atoms with Crippen LogP contribution in [0.5, 0.6) is 0 Å². The SMILES string of the molecule is CCC(=O)c1ncc(Nc2cc(C)[nH]n2)nc1Nc1ccc(Cl)c(NC(C)=O)c1. The molecule has 10 heteroatoms. The largest absolute Gasteiger partial charge is 0.338 e. The minimum atomic E-state index is -0.244. The zero-order chi connectivity index (χ0) is 21.0. The van der Waals surface area contributed by atoms with Crippen molar-refractivity contribution >= 4 is 52.1 Å². The summed E-state index contributed by atoms with van der Waals surface area (Å²) in [7, 11) is 0. The predicted molar refractivity (Wildman–Crippen MR) is 112 cm³/mol. The van der Waals surface area contributed by atoms with Crippen molar-refractivity contribution in [1.29, 1.82) is 0 Å². The Bertz CT molecular complexity index is 1060. The van der Waals surface area contributed by atoms with E-state index in [2.05, 4.69) is 36.1 Å². The lowest BCUT2D eigenvalue weighted by Crippen LogP contribution is -2.10. The van der Waals surface area contributed by atoms with E-state index in [0.29, 0.717) is 28.0 Å². The second kappa shape index (κ2) is 8.70. The second-order valence-electron chi connectivity index (χ2n) is 6.29. The van der Waals surface area contributed by atoms with Gasteiger partial charge in [-0.05, 0) is 25.1 Å². The lowest BCUT2D eigenvalue weighted by molar-refractivity contribution is -0.114. The maximum atomic E-state index is 12.3. The van der Waals surface area contributed by atoms with E-state index in [4.69, 9.17) is 11.6 Å². The maximum Gasteiger partial charge on any atom is 0.221 e. The molecule has 2 aromatic heterocycles. The molecular weight excluding hydrogens is 394 g/mol. The molecule has 1 amide bonds. The number of halogens is 1. The van der Waals surface area contributed by atoms with E-state index in [-0.39, 0.29) is 29.6 Å². The number of carbonyl (C=O) groups excluding carboxylic acids is 2. The van der Waals surface area contributed by atoms with Gasteiger partial charge in [0, 0.05) is 30.8 Å². The number of amides is 1. The fourth-order valence-corrected chi connectivity index (χ4v) is 2.71. The Hall–Kier alpha value is -3.46. The molecule has 0 aliphatic heterocycles. The van der Waals surface area contributed by atoms with Gasteiger partial charge in [0.1, 0.15) is 5.69 Å². The van der Waals surface area contributed by atoms with E-state index in [1.807, 2.05) is 13.0 Å². The van der Waals surface area contributed by atoms with E-state index in [1.54, 1.807) is 25.1 Å². The van der Waals surface area contributed by atoms with Crippen molar-refractivity contribution in [2.75, 3.05) is 16.0 Å².